The summed E-state index contributed by atoms with van der Waals surface area (Å²) in [6, 6.07) is 1.33. The summed E-state index contributed by atoms with van der Waals surface area (Å²) in [5.41, 5.74) is -0.380. The van der Waals surface area contributed by atoms with E-state index in [0.717, 1.165) is 43.8 Å². The normalized spacial score (nSPS) is 17.5. The van der Waals surface area contributed by atoms with Gasteiger partial charge in [0.05, 0.1) is 6.54 Å². The van der Waals surface area contributed by atoms with Gasteiger partial charge in [0.2, 0.25) is 0 Å². The third-order valence-electron chi connectivity index (χ3n) is 3.74. The highest BCUT2D eigenvalue weighted by molar-refractivity contribution is 5.79. The number of carbonyl (C=O) groups excluding carboxylic acids is 1. The number of hydrogen-bond acceptors (Lipinski definition) is 5. The lowest BCUT2D eigenvalue weighted by atomic mass is 9.97. The molecule has 1 aliphatic rings. The second-order valence-corrected chi connectivity index (χ2v) is 5.40. The van der Waals surface area contributed by atoms with Crippen molar-refractivity contribution in [2.75, 3.05) is 32.7 Å². The molecule has 1 aromatic heterocycles. The van der Waals surface area contributed by atoms with Crippen LogP contribution in [0.1, 0.15) is 30.3 Å². The van der Waals surface area contributed by atoms with E-state index in [1.807, 2.05) is 0 Å². The highest BCUT2D eigenvalue weighted by Crippen LogP contribution is 2.16. The van der Waals surface area contributed by atoms with Crippen LogP contribution in [0.15, 0.2) is 15.4 Å². The van der Waals surface area contributed by atoms with Gasteiger partial charge in [-0.3, -0.25) is 14.5 Å². The number of aryl methyl sites for hydroxylation is 1. The maximum absolute atomic E-state index is 12.0. The molecule has 6 nitrogen and oxygen atoms in total. The van der Waals surface area contributed by atoms with Crippen LogP contribution >= 0.6 is 0 Å². The molecule has 0 aliphatic carbocycles. The monoisotopic (exact) mass is 281 g/mol. The van der Waals surface area contributed by atoms with Gasteiger partial charge in [0, 0.05) is 6.07 Å². The van der Waals surface area contributed by atoms with Gasteiger partial charge in [-0.2, -0.15) is 0 Å². The van der Waals surface area contributed by atoms with E-state index in [0.29, 0.717) is 11.7 Å². The number of hydrogen-bond donors (Lipinski definition) is 1. The van der Waals surface area contributed by atoms with Crippen molar-refractivity contribution in [3.63, 3.8) is 0 Å². The number of nitrogens with one attached hydrogen (secondary N) is 1. The molecule has 1 aromatic rings. The maximum Gasteiger partial charge on any atom is 0.290 e. The van der Waals surface area contributed by atoms with Crippen molar-refractivity contribution in [3.8, 4) is 0 Å². The Hall–Kier alpha value is -1.40. The zero-order chi connectivity index (χ0) is 14.5. The van der Waals surface area contributed by atoms with Gasteiger partial charge >= 0.3 is 0 Å². The number of likely N-dealkylation sites (tertiary alicyclic amines) is 1. The molecular formula is C14H23N3O3. The Kier molecular flexibility index (Phi) is 5.14. The molecular weight excluding hydrogens is 258 g/mol. The maximum atomic E-state index is 12.0. The third-order valence-corrected chi connectivity index (χ3v) is 3.74. The average molecular weight is 281 g/mol. The van der Waals surface area contributed by atoms with Gasteiger partial charge in [0.25, 0.3) is 11.5 Å². The van der Waals surface area contributed by atoms with Crippen molar-refractivity contribution in [1.29, 1.82) is 0 Å². The lowest BCUT2D eigenvalue weighted by Gasteiger charge is -2.31. The molecule has 0 saturated carbocycles. The molecule has 0 spiro atoms. The molecule has 20 heavy (non-hydrogen) atoms. The first-order valence-corrected chi connectivity index (χ1v) is 7.26. The Morgan fingerprint density at radius 1 is 1.45 bits per heavy atom. The molecule has 2 heterocycles. The lowest BCUT2D eigenvalue weighted by Crippen LogP contribution is -2.42. The summed E-state index contributed by atoms with van der Waals surface area (Å²) in [5.74, 6) is 0.871. The molecule has 1 fully saturated rings. The first-order valence-electron chi connectivity index (χ1n) is 7.26. The van der Waals surface area contributed by atoms with E-state index in [9.17, 15) is 9.59 Å². The van der Waals surface area contributed by atoms with E-state index >= 15 is 0 Å². The second kappa shape index (κ2) is 6.85. The Morgan fingerprint density at radius 3 is 2.70 bits per heavy atom. The number of piperidine rings is 1. The van der Waals surface area contributed by atoms with Crippen LogP contribution in [0.3, 0.4) is 0 Å². The Labute approximate surface area is 118 Å². The Bertz CT molecular complexity index is 498. The molecule has 0 amide bonds. The molecule has 1 aliphatic heterocycles. The minimum Gasteiger partial charge on any atom is -0.373 e. The first-order chi connectivity index (χ1) is 9.60. The Balaban J connectivity index is 1.82. The van der Waals surface area contributed by atoms with Gasteiger partial charge in [-0.05, 0) is 51.9 Å². The van der Waals surface area contributed by atoms with Crippen LogP contribution in [0.4, 0.5) is 0 Å². The van der Waals surface area contributed by atoms with E-state index in [4.69, 9.17) is 4.52 Å². The molecule has 1 N–H and O–H groups in total. The fourth-order valence-corrected chi connectivity index (χ4v) is 2.57. The van der Waals surface area contributed by atoms with Crippen LogP contribution < -0.4 is 10.9 Å². The van der Waals surface area contributed by atoms with E-state index in [2.05, 4.69) is 17.1 Å². The number of rotatable bonds is 5. The highest BCUT2D eigenvalue weighted by atomic mass is 16.5. The molecule has 1 saturated heterocycles. The van der Waals surface area contributed by atoms with Crippen LogP contribution in [0.5, 0.6) is 0 Å². The van der Waals surface area contributed by atoms with Crippen LogP contribution in [0.25, 0.3) is 0 Å². The molecule has 0 unspecified atom stereocenters. The summed E-state index contributed by atoms with van der Waals surface area (Å²) in [5, 5.41) is 3.36. The van der Waals surface area contributed by atoms with Crippen molar-refractivity contribution in [2.24, 2.45) is 5.92 Å². The fourth-order valence-electron chi connectivity index (χ4n) is 2.57. The van der Waals surface area contributed by atoms with Crippen LogP contribution in [0, 0.1) is 12.8 Å². The summed E-state index contributed by atoms with van der Waals surface area (Å²) in [6.45, 7) is 7.87. The summed E-state index contributed by atoms with van der Waals surface area (Å²) in [4.78, 5) is 25.6. The highest BCUT2D eigenvalue weighted by Gasteiger charge is 2.22. The number of nitrogens with zero attached hydrogens (tertiary/aromatic N) is 2. The molecule has 6 heteroatoms. The third kappa shape index (κ3) is 3.80. The lowest BCUT2D eigenvalue weighted by molar-refractivity contribution is 0.0683. The van der Waals surface area contributed by atoms with Gasteiger partial charge in [0.15, 0.2) is 0 Å². The average Bonchev–Trinajstić information content (AvgIpc) is 2.77. The second-order valence-electron chi connectivity index (χ2n) is 5.40. The molecule has 2 rings (SSSR count). The van der Waals surface area contributed by atoms with Crippen molar-refractivity contribution >= 4 is 5.91 Å². The summed E-state index contributed by atoms with van der Waals surface area (Å²) < 4.78 is 5.97. The summed E-state index contributed by atoms with van der Waals surface area (Å²) >= 11 is 0. The number of carbonyl (C=O) groups is 1. The first kappa shape index (κ1) is 15.0. The van der Waals surface area contributed by atoms with Crippen LogP contribution in [-0.2, 0) is 0 Å². The predicted octanol–water partition coefficient (Wildman–Crippen LogP) is 0.711. The topological polar surface area (TPSA) is 67.5 Å². The van der Waals surface area contributed by atoms with Gasteiger partial charge in [-0.1, -0.05) is 6.92 Å². The molecule has 0 radical (unpaired) electrons. The smallest absolute Gasteiger partial charge is 0.290 e. The predicted molar refractivity (Wildman–Crippen MR) is 76.0 cm³/mol. The van der Waals surface area contributed by atoms with Crippen LogP contribution in [-0.4, -0.2) is 48.3 Å². The fraction of sp³-hybridized carbons (Fsp3) is 0.714. The van der Waals surface area contributed by atoms with Gasteiger partial charge in [-0.25, -0.2) is 0 Å². The van der Waals surface area contributed by atoms with Crippen molar-refractivity contribution in [2.45, 2.75) is 26.7 Å². The Morgan fingerprint density at radius 2 is 2.15 bits per heavy atom. The SMILES string of the molecule is CCNCC1CCN(CC(=O)n2oc(C)cc2=O)CC1. The van der Waals surface area contributed by atoms with Crippen molar-refractivity contribution in [3.05, 3.63) is 22.2 Å². The van der Waals surface area contributed by atoms with Gasteiger partial charge < -0.3 is 9.84 Å². The van der Waals surface area contributed by atoms with Gasteiger partial charge in [0.1, 0.15) is 5.76 Å². The van der Waals surface area contributed by atoms with E-state index in [1.165, 1.54) is 6.07 Å². The minimum atomic E-state index is -0.380. The molecule has 112 valence electrons. The standard InChI is InChI=1S/C14H23N3O3/c1-3-15-9-12-4-6-16(7-5-12)10-14(19)17-13(18)8-11(2)20-17/h8,12,15H,3-7,9-10H2,1-2H3. The van der Waals surface area contributed by atoms with Crippen molar-refractivity contribution in [1.82, 2.24) is 15.0 Å². The van der Waals surface area contributed by atoms with E-state index in [1.54, 1.807) is 6.92 Å². The molecule has 0 bridgehead atoms. The quantitative estimate of drug-likeness (QED) is 0.861. The minimum absolute atomic E-state index is 0.251. The summed E-state index contributed by atoms with van der Waals surface area (Å²) in [7, 11) is 0. The van der Waals surface area contributed by atoms with Crippen molar-refractivity contribution < 1.29 is 9.32 Å². The summed E-state index contributed by atoms with van der Waals surface area (Å²) in [6.07, 6.45) is 2.18. The zero-order valence-corrected chi connectivity index (χ0v) is 12.2. The largest absolute Gasteiger partial charge is 0.373 e. The van der Waals surface area contributed by atoms with E-state index < -0.39 is 0 Å². The van der Waals surface area contributed by atoms with E-state index in [-0.39, 0.29) is 18.0 Å². The molecule has 0 atom stereocenters. The van der Waals surface area contributed by atoms with Crippen LogP contribution in [0.2, 0.25) is 0 Å². The molecule has 0 aromatic carbocycles. The zero-order valence-electron chi connectivity index (χ0n) is 12.2. The van der Waals surface area contributed by atoms with Gasteiger partial charge in [-0.15, -0.1) is 4.74 Å². The number of aromatic nitrogens is 1.